The molecule has 0 saturated carbocycles. The zero-order chi connectivity index (χ0) is 27.2. The number of amides is 2. The lowest BCUT2D eigenvalue weighted by molar-refractivity contribution is -0.150. The number of anilines is 1. The van der Waals surface area contributed by atoms with Gasteiger partial charge < -0.3 is 24.7 Å². The van der Waals surface area contributed by atoms with Crippen molar-refractivity contribution in [3.05, 3.63) is 72.8 Å². The number of carbonyl (C=O) groups is 3. The summed E-state index contributed by atoms with van der Waals surface area (Å²) in [6.07, 6.45) is 2.76. The van der Waals surface area contributed by atoms with Crippen LogP contribution < -0.4 is 9.64 Å². The number of carbonyl (C=O) groups excluding carboxylic acids is 2. The first-order chi connectivity index (χ1) is 18.2. The van der Waals surface area contributed by atoms with Crippen LogP contribution in [0.1, 0.15) is 31.4 Å². The molecule has 2 bridgehead atoms. The second kappa shape index (κ2) is 9.78. The van der Waals surface area contributed by atoms with Crippen LogP contribution in [0, 0.1) is 11.8 Å². The van der Waals surface area contributed by atoms with Crippen molar-refractivity contribution < 1.29 is 29.3 Å². The SMILES string of the molecule is C=CCN(C(=O)C1N([C@H](CO)c2ccccc2)C(=O)[C@@H]2[C@@H](C(=O)O)[C@@]3(C)CCC12S3)c1ccc(OC)cc1. The second-order valence-corrected chi connectivity index (χ2v) is 12.3. The van der Waals surface area contributed by atoms with Gasteiger partial charge in [0.25, 0.3) is 5.91 Å². The van der Waals surface area contributed by atoms with E-state index in [4.69, 9.17) is 4.74 Å². The molecule has 2 aromatic rings. The van der Waals surface area contributed by atoms with Gasteiger partial charge in [0.05, 0.1) is 36.3 Å². The van der Waals surface area contributed by atoms with Gasteiger partial charge in [-0.3, -0.25) is 14.4 Å². The smallest absolute Gasteiger partial charge is 0.308 e. The van der Waals surface area contributed by atoms with Crippen LogP contribution in [0.5, 0.6) is 5.75 Å². The van der Waals surface area contributed by atoms with Crippen molar-refractivity contribution in [2.45, 2.75) is 41.3 Å². The van der Waals surface area contributed by atoms with Gasteiger partial charge in [0.15, 0.2) is 0 Å². The van der Waals surface area contributed by atoms with Crippen LogP contribution in [0.15, 0.2) is 67.3 Å². The predicted octanol–water partition coefficient (Wildman–Crippen LogP) is 3.51. The maximum Gasteiger partial charge on any atom is 0.308 e. The highest BCUT2D eigenvalue weighted by Gasteiger charge is 2.78. The predicted molar refractivity (Wildman–Crippen MR) is 145 cm³/mol. The third-order valence-electron chi connectivity index (χ3n) is 8.37. The minimum Gasteiger partial charge on any atom is -0.497 e. The minimum absolute atomic E-state index is 0.198. The van der Waals surface area contributed by atoms with E-state index in [-0.39, 0.29) is 18.4 Å². The number of aliphatic hydroxyl groups is 1. The number of thioether (sulfide) groups is 1. The summed E-state index contributed by atoms with van der Waals surface area (Å²) in [4.78, 5) is 44.5. The molecule has 8 nitrogen and oxygen atoms in total. The summed E-state index contributed by atoms with van der Waals surface area (Å²) in [5.41, 5.74) is 1.30. The highest BCUT2D eigenvalue weighted by atomic mass is 32.2. The molecule has 2 unspecified atom stereocenters. The zero-order valence-corrected chi connectivity index (χ0v) is 22.3. The van der Waals surface area contributed by atoms with Gasteiger partial charge in [0, 0.05) is 17.0 Å². The number of rotatable bonds is 9. The van der Waals surface area contributed by atoms with Crippen molar-refractivity contribution in [2.75, 3.05) is 25.2 Å². The van der Waals surface area contributed by atoms with Crippen LogP contribution in [0.4, 0.5) is 5.69 Å². The van der Waals surface area contributed by atoms with Crippen molar-refractivity contribution >= 4 is 35.2 Å². The molecule has 3 aliphatic rings. The average Bonchev–Trinajstić information content (AvgIpc) is 3.49. The molecule has 5 rings (SSSR count). The van der Waals surface area contributed by atoms with Gasteiger partial charge in [-0.15, -0.1) is 18.3 Å². The lowest BCUT2D eigenvalue weighted by atomic mass is 9.66. The summed E-state index contributed by atoms with van der Waals surface area (Å²) >= 11 is 1.47. The van der Waals surface area contributed by atoms with Crippen molar-refractivity contribution in [3.8, 4) is 5.75 Å². The number of nitrogens with zero attached hydrogens (tertiary/aromatic N) is 2. The summed E-state index contributed by atoms with van der Waals surface area (Å²) in [6, 6.07) is 14.4. The minimum atomic E-state index is -1.02. The van der Waals surface area contributed by atoms with E-state index in [0.29, 0.717) is 29.8 Å². The fourth-order valence-electron chi connectivity index (χ4n) is 6.75. The molecule has 9 heteroatoms. The van der Waals surface area contributed by atoms with Crippen molar-refractivity contribution in [2.24, 2.45) is 11.8 Å². The van der Waals surface area contributed by atoms with Crippen molar-refractivity contribution in [3.63, 3.8) is 0 Å². The molecule has 6 atom stereocenters. The Hall–Kier alpha value is -3.30. The van der Waals surface area contributed by atoms with Gasteiger partial charge in [-0.2, -0.15) is 0 Å². The van der Waals surface area contributed by atoms with Crippen LogP contribution in [-0.4, -0.2) is 68.7 Å². The second-order valence-electron chi connectivity index (χ2n) is 10.4. The summed E-state index contributed by atoms with van der Waals surface area (Å²) < 4.78 is 3.71. The number of aliphatic carboxylic acids is 1. The molecule has 2 aromatic carbocycles. The van der Waals surface area contributed by atoms with E-state index in [2.05, 4.69) is 6.58 Å². The topological polar surface area (TPSA) is 107 Å². The Morgan fingerprint density at radius 2 is 1.89 bits per heavy atom. The zero-order valence-electron chi connectivity index (χ0n) is 21.4. The van der Waals surface area contributed by atoms with E-state index in [1.165, 1.54) is 16.7 Å². The number of hydrogen-bond donors (Lipinski definition) is 2. The summed E-state index contributed by atoms with van der Waals surface area (Å²) in [5.74, 6) is -2.87. The molecule has 3 fully saturated rings. The number of hydrogen-bond acceptors (Lipinski definition) is 6. The molecule has 3 saturated heterocycles. The van der Waals surface area contributed by atoms with Crippen molar-refractivity contribution in [1.82, 2.24) is 4.90 Å². The standard InChI is InChI=1S/C29H32N2O6S/c1-4-16-30(19-10-12-20(37-3)13-11-19)26(34)24-29-15-14-28(2,38-29)23(27(35)36)22(29)25(33)31(24)21(17-32)18-8-6-5-7-9-18/h4-13,21-24,32H,1,14-17H2,2-3H3,(H,35,36)/t21-,22+,23+,24?,28-,29?/m1/s1. The molecule has 3 aliphatic heterocycles. The van der Waals surface area contributed by atoms with E-state index < -0.39 is 46.0 Å². The maximum atomic E-state index is 14.6. The Bertz CT molecular complexity index is 1250. The van der Waals surface area contributed by atoms with Gasteiger partial charge in [-0.1, -0.05) is 36.4 Å². The number of ether oxygens (including phenoxy) is 1. The molecular formula is C29H32N2O6S. The van der Waals surface area contributed by atoms with Gasteiger partial charge in [0.1, 0.15) is 11.8 Å². The van der Waals surface area contributed by atoms with Crippen LogP contribution in [0.2, 0.25) is 0 Å². The van der Waals surface area contributed by atoms with E-state index in [0.717, 1.165) is 0 Å². The Morgan fingerprint density at radius 3 is 2.47 bits per heavy atom. The van der Waals surface area contributed by atoms with Crippen LogP contribution in [-0.2, 0) is 14.4 Å². The first-order valence-electron chi connectivity index (χ1n) is 12.7. The van der Waals surface area contributed by atoms with E-state index >= 15 is 0 Å². The Kier molecular flexibility index (Phi) is 6.77. The monoisotopic (exact) mass is 536 g/mol. The molecule has 0 radical (unpaired) electrons. The Labute approximate surface area is 226 Å². The highest BCUT2D eigenvalue weighted by Crippen LogP contribution is 2.72. The van der Waals surface area contributed by atoms with Crippen LogP contribution >= 0.6 is 11.8 Å². The number of methoxy groups -OCH3 is 1. The average molecular weight is 537 g/mol. The molecular weight excluding hydrogens is 504 g/mol. The Morgan fingerprint density at radius 1 is 1.21 bits per heavy atom. The molecule has 3 heterocycles. The summed E-state index contributed by atoms with van der Waals surface area (Å²) in [7, 11) is 1.56. The number of carboxylic acids is 1. The first-order valence-corrected chi connectivity index (χ1v) is 13.5. The molecule has 200 valence electrons. The number of benzene rings is 2. The van der Waals surface area contributed by atoms with E-state index in [9.17, 15) is 24.6 Å². The number of carboxylic acid groups (broad SMARTS) is 1. The van der Waals surface area contributed by atoms with Crippen molar-refractivity contribution in [1.29, 1.82) is 0 Å². The van der Waals surface area contributed by atoms with Crippen LogP contribution in [0.3, 0.4) is 0 Å². The molecule has 1 spiro atoms. The largest absolute Gasteiger partial charge is 0.497 e. The Balaban J connectivity index is 1.66. The maximum absolute atomic E-state index is 14.6. The lowest BCUT2D eigenvalue weighted by Gasteiger charge is -2.39. The van der Waals surface area contributed by atoms with Gasteiger partial charge in [-0.05, 0) is 49.6 Å². The highest BCUT2D eigenvalue weighted by molar-refractivity contribution is 8.02. The summed E-state index contributed by atoms with van der Waals surface area (Å²) in [6.45, 7) is 5.54. The van der Waals surface area contributed by atoms with Crippen LogP contribution in [0.25, 0.3) is 0 Å². The van der Waals surface area contributed by atoms with E-state index in [1.807, 2.05) is 37.3 Å². The first kappa shape index (κ1) is 26.3. The normalized spacial score (nSPS) is 30.1. The van der Waals surface area contributed by atoms with Gasteiger partial charge in [-0.25, -0.2) is 0 Å². The molecule has 38 heavy (non-hydrogen) atoms. The third kappa shape index (κ3) is 3.82. The number of fused-ring (bicyclic) bond motifs is 1. The number of likely N-dealkylation sites (tertiary alicyclic amines) is 1. The fourth-order valence-corrected chi connectivity index (χ4v) is 9.08. The molecule has 2 amide bonds. The molecule has 0 aliphatic carbocycles. The summed E-state index contributed by atoms with van der Waals surface area (Å²) in [5, 5.41) is 20.8. The van der Waals surface area contributed by atoms with Gasteiger partial charge in [0.2, 0.25) is 5.91 Å². The lowest BCUT2D eigenvalue weighted by Crippen LogP contribution is -2.56. The molecule has 0 aromatic heterocycles. The molecule has 2 N–H and O–H groups in total. The quantitative estimate of drug-likeness (QED) is 0.472. The number of aliphatic hydroxyl groups excluding tert-OH is 1. The van der Waals surface area contributed by atoms with E-state index in [1.54, 1.807) is 42.4 Å². The van der Waals surface area contributed by atoms with Gasteiger partial charge >= 0.3 is 5.97 Å². The third-order valence-corrected chi connectivity index (χ3v) is 10.4. The fraction of sp³-hybridized carbons (Fsp3) is 0.414.